The molecule has 4 heteroatoms. The van der Waals surface area contributed by atoms with Gasteiger partial charge in [0.25, 0.3) is 0 Å². The number of hydrogen-bond acceptors (Lipinski definition) is 2. The van der Waals surface area contributed by atoms with Crippen molar-refractivity contribution in [2.75, 3.05) is 19.4 Å². The van der Waals surface area contributed by atoms with E-state index in [1.54, 1.807) is 25.1 Å². The van der Waals surface area contributed by atoms with Crippen molar-refractivity contribution in [3.8, 4) is 0 Å². The second-order valence-corrected chi connectivity index (χ2v) is 4.54. The Hall–Kier alpha value is -2.10. The van der Waals surface area contributed by atoms with E-state index in [1.165, 1.54) is 0 Å². The number of nitrogens with zero attached hydrogens (tertiary/aromatic N) is 1. The minimum absolute atomic E-state index is 0.0305. The van der Waals surface area contributed by atoms with Crippen LogP contribution in [0.2, 0.25) is 0 Å². The van der Waals surface area contributed by atoms with Gasteiger partial charge in [0.15, 0.2) is 0 Å². The number of amides is 2. The topological polar surface area (TPSA) is 49.4 Å². The Labute approximate surface area is 114 Å². The highest BCUT2D eigenvalue weighted by atomic mass is 16.2. The lowest BCUT2D eigenvalue weighted by molar-refractivity contribution is -0.128. The van der Waals surface area contributed by atoms with Crippen molar-refractivity contribution in [1.82, 2.24) is 4.90 Å². The van der Waals surface area contributed by atoms with Crippen LogP contribution >= 0.6 is 0 Å². The smallest absolute Gasteiger partial charge is 0.226 e. The SMILES string of the molecule is C=CCCC(=O)Nc1ccc(CC(=O)N(C)C)cc1. The van der Waals surface area contributed by atoms with Gasteiger partial charge in [0.2, 0.25) is 11.8 Å². The van der Waals surface area contributed by atoms with E-state index in [0.29, 0.717) is 19.3 Å². The average molecular weight is 260 g/mol. The summed E-state index contributed by atoms with van der Waals surface area (Å²) in [5.41, 5.74) is 1.68. The molecule has 1 aromatic carbocycles. The Morgan fingerprint density at radius 2 is 1.89 bits per heavy atom. The van der Waals surface area contributed by atoms with Crippen LogP contribution in [0, 0.1) is 0 Å². The Morgan fingerprint density at radius 1 is 1.26 bits per heavy atom. The maximum Gasteiger partial charge on any atom is 0.226 e. The summed E-state index contributed by atoms with van der Waals surface area (Å²) < 4.78 is 0. The van der Waals surface area contributed by atoms with Gasteiger partial charge in [-0.2, -0.15) is 0 Å². The fourth-order valence-electron chi connectivity index (χ4n) is 1.50. The maximum atomic E-state index is 11.5. The lowest BCUT2D eigenvalue weighted by Gasteiger charge is -2.10. The molecule has 0 heterocycles. The Bertz CT molecular complexity index is 450. The minimum Gasteiger partial charge on any atom is -0.349 e. The average Bonchev–Trinajstić information content (AvgIpc) is 2.38. The first-order valence-corrected chi connectivity index (χ1v) is 6.22. The minimum atomic E-state index is -0.0305. The summed E-state index contributed by atoms with van der Waals surface area (Å²) in [7, 11) is 3.47. The van der Waals surface area contributed by atoms with Crippen LogP contribution < -0.4 is 5.32 Å². The highest BCUT2D eigenvalue weighted by molar-refractivity contribution is 5.90. The van der Waals surface area contributed by atoms with E-state index in [0.717, 1.165) is 11.3 Å². The normalized spacial score (nSPS) is 9.79. The molecule has 1 rings (SSSR count). The summed E-state index contributed by atoms with van der Waals surface area (Å²) >= 11 is 0. The fraction of sp³-hybridized carbons (Fsp3) is 0.333. The van der Waals surface area contributed by atoms with Gasteiger partial charge in [-0.05, 0) is 24.1 Å². The first kappa shape index (κ1) is 15.0. The quantitative estimate of drug-likeness (QED) is 0.797. The summed E-state index contributed by atoms with van der Waals surface area (Å²) in [4.78, 5) is 24.6. The fourth-order valence-corrected chi connectivity index (χ4v) is 1.50. The number of rotatable bonds is 6. The van der Waals surface area contributed by atoms with E-state index in [1.807, 2.05) is 24.3 Å². The summed E-state index contributed by atoms with van der Waals surface area (Å²) in [6, 6.07) is 7.32. The van der Waals surface area contributed by atoms with Crippen LogP contribution in [-0.2, 0) is 16.0 Å². The van der Waals surface area contributed by atoms with E-state index in [4.69, 9.17) is 0 Å². The first-order chi connectivity index (χ1) is 9.02. The summed E-state index contributed by atoms with van der Waals surface area (Å²) in [5.74, 6) is 0.0276. The number of hydrogen-bond donors (Lipinski definition) is 1. The standard InChI is InChI=1S/C15H20N2O2/c1-4-5-6-14(18)16-13-9-7-12(8-10-13)11-15(19)17(2)3/h4,7-10H,1,5-6,11H2,2-3H3,(H,16,18). The summed E-state index contributed by atoms with van der Waals surface area (Å²) in [6.07, 6.45) is 3.19. The van der Waals surface area contributed by atoms with E-state index in [9.17, 15) is 9.59 Å². The van der Waals surface area contributed by atoms with Crippen molar-refractivity contribution in [2.24, 2.45) is 0 Å². The lowest BCUT2D eigenvalue weighted by atomic mass is 10.1. The molecule has 0 atom stereocenters. The number of likely N-dealkylation sites (N-methyl/N-ethyl adjacent to an activating group) is 1. The number of carbonyl (C=O) groups is 2. The molecule has 102 valence electrons. The van der Waals surface area contributed by atoms with Gasteiger partial charge in [0.05, 0.1) is 6.42 Å². The number of anilines is 1. The Kier molecular flexibility index (Phi) is 5.79. The van der Waals surface area contributed by atoms with Crippen LogP contribution in [0.25, 0.3) is 0 Å². The van der Waals surface area contributed by atoms with Gasteiger partial charge >= 0.3 is 0 Å². The molecule has 0 aliphatic heterocycles. The number of carbonyl (C=O) groups excluding carboxylic acids is 2. The second-order valence-electron chi connectivity index (χ2n) is 4.54. The molecular weight excluding hydrogens is 240 g/mol. The first-order valence-electron chi connectivity index (χ1n) is 6.22. The molecule has 0 radical (unpaired) electrons. The zero-order valence-electron chi connectivity index (χ0n) is 11.5. The zero-order valence-corrected chi connectivity index (χ0v) is 11.5. The highest BCUT2D eigenvalue weighted by Gasteiger charge is 2.06. The van der Waals surface area contributed by atoms with E-state index < -0.39 is 0 Å². The van der Waals surface area contributed by atoms with Gasteiger partial charge in [-0.3, -0.25) is 9.59 Å². The van der Waals surface area contributed by atoms with Crippen LogP contribution in [0.5, 0.6) is 0 Å². The number of benzene rings is 1. The molecule has 0 bridgehead atoms. The second kappa shape index (κ2) is 7.36. The third kappa shape index (κ3) is 5.38. The molecule has 0 aromatic heterocycles. The summed E-state index contributed by atoms with van der Waals surface area (Å²) in [5, 5.41) is 2.80. The third-order valence-corrected chi connectivity index (χ3v) is 2.67. The van der Waals surface area contributed by atoms with Crippen LogP contribution in [0.3, 0.4) is 0 Å². The highest BCUT2D eigenvalue weighted by Crippen LogP contribution is 2.11. The van der Waals surface area contributed by atoms with Gasteiger partial charge in [0, 0.05) is 26.2 Å². The zero-order chi connectivity index (χ0) is 14.3. The van der Waals surface area contributed by atoms with Crippen molar-refractivity contribution in [3.05, 3.63) is 42.5 Å². The molecule has 0 aliphatic carbocycles. The van der Waals surface area contributed by atoms with Crippen LogP contribution in [-0.4, -0.2) is 30.8 Å². The Balaban J connectivity index is 2.54. The van der Waals surface area contributed by atoms with Crippen molar-refractivity contribution < 1.29 is 9.59 Å². The van der Waals surface area contributed by atoms with Crippen molar-refractivity contribution in [2.45, 2.75) is 19.3 Å². The van der Waals surface area contributed by atoms with E-state index in [2.05, 4.69) is 11.9 Å². The van der Waals surface area contributed by atoms with Crippen molar-refractivity contribution in [3.63, 3.8) is 0 Å². The monoisotopic (exact) mass is 260 g/mol. The third-order valence-electron chi connectivity index (χ3n) is 2.67. The molecule has 2 amide bonds. The number of nitrogens with one attached hydrogen (secondary N) is 1. The molecule has 0 aliphatic rings. The predicted octanol–water partition coefficient (Wildman–Crippen LogP) is 2.22. The van der Waals surface area contributed by atoms with Gasteiger partial charge in [0.1, 0.15) is 0 Å². The van der Waals surface area contributed by atoms with Gasteiger partial charge in [-0.1, -0.05) is 18.2 Å². The van der Waals surface area contributed by atoms with Crippen LogP contribution in [0.15, 0.2) is 36.9 Å². The van der Waals surface area contributed by atoms with Gasteiger partial charge < -0.3 is 10.2 Å². The van der Waals surface area contributed by atoms with Crippen molar-refractivity contribution >= 4 is 17.5 Å². The largest absolute Gasteiger partial charge is 0.349 e. The molecule has 0 spiro atoms. The van der Waals surface area contributed by atoms with Crippen LogP contribution in [0.1, 0.15) is 18.4 Å². The molecule has 19 heavy (non-hydrogen) atoms. The molecule has 1 aromatic rings. The predicted molar refractivity (Wildman–Crippen MR) is 76.9 cm³/mol. The lowest BCUT2D eigenvalue weighted by Crippen LogP contribution is -2.23. The van der Waals surface area contributed by atoms with Gasteiger partial charge in [-0.15, -0.1) is 6.58 Å². The Morgan fingerprint density at radius 3 is 2.42 bits per heavy atom. The molecule has 0 saturated carbocycles. The van der Waals surface area contributed by atoms with Crippen molar-refractivity contribution in [1.29, 1.82) is 0 Å². The molecular formula is C15H20N2O2. The van der Waals surface area contributed by atoms with Gasteiger partial charge in [-0.25, -0.2) is 0 Å². The number of allylic oxidation sites excluding steroid dienone is 1. The summed E-state index contributed by atoms with van der Waals surface area (Å²) in [6.45, 7) is 3.58. The van der Waals surface area contributed by atoms with Crippen LogP contribution in [0.4, 0.5) is 5.69 Å². The molecule has 1 N–H and O–H groups in total. The van der Waals surface area contributed by atoms with E-state index in [-0.39, 0.29) is 11.8 Å². The van der Waals surface area contributed by atoms with E-state index >= 15 is 0 Å². The molecule has 4 nitrogen and oxygen atoms in total. The maximum absolute atomic E-state index is 11.5. The molecule has 0 saturated heterocycles. The molecule has 0 unspecified atom stereocenters. The molecule has 0 fully saturated rings.